The lowest BCUT2D eigenvalue weighted by atomic mass is 9.94. The van der Waals surface area contributed by atoms with Crippen LogP contribution in [0.3, 0.4) is 0 Å². The number of allylic oxidation sites excluding steroid dienone is 2. The molecule has 2 N–H and O–H groups in total. The number of aryl methyl sites for hydroxylation is 2. The normalized spacial score (nSPS) is 17.8. The number of amides is 2. The van der Waals surface area contributed by atoms with Crippen LogP contribution in [0.4, 0.5) is 0 Å². The van der Waals surface area contributed by atoms with Crippen LogP contribution in [0, 0.1) is 12.8 Å². The number of hydrogen-bond donors (Lipinski definition) is 2. The van der Waals surface area contributed by atoms with Gasteiger partial charge in [0.15, 0.2) is 0 Å². The molecule has 0 unspecified atom stereocenters. The van der Waals surface area contributed by atoms with E-state index < -0.39 is 0 Å². The monoisotopic (exact) mass is 292 g/mol. The Morgan fingerprint density at radius 1 is 1.35 bits per heavy atom. The first-order chi connectivity index (χ1) is 9.61. The van der Waals surface area contributed by atoms with Crippen LogP contribution < -0.4 is 10.9 Å². The van der Waals surface area contributed by atoms with E-state index in [1.54, 1.807) is 0 Å². The third kappa shape index (κ3) is 3.48. The van der Waals surface area contributed by atoms with Crippen LogP contribution in [0.1, 0.15) is 46.3 Å². The number of rotatable bonds is 3. The zero-order valence-electron chi connectivity index (χ0n) is 11.9. The molecule has 1 atom stereocenters. The number of carbonyl (C=O) groups is 2. The van der Waals surface area contributed by atoms with E-state index >= 15 is 0 Å². The molecule has 1 heterocycles. The molecule has 1 aliphatic rings. The van der Waals surface area contributed by atoms with Gasteiger partial charge in [0.1, 0.15) is 0 Å². The second-order valence-corrected chi connectivity index (χ2v) is 6.13. The van der Waals surface area contributed by atoms with Gasteiger partial charge >= 0.3 is 0 Å². The van der Waals surface area contributed by atoms with Crippen molar-refractivity contribution in [3.05, 3.63) is 33.5 Å². The Kier molecular flexibility index (Phi) is 4.95. The second-order valence-electron chi connectivity index (χ2n) is 5.00. The van der Waals surface area contributed by atoms with Gasteiger partial charge in [0.25, 0.3) is 5.91 Å². The summed E-state index contributed by atoms with van der Waals surface area (Å²) in [4.78, 5) is 25.7. The molecule has 2 amide bonds. The van der Waals surface area contributed by atoms with Gasteiger partial charge in [0.2, 0.25) is 5.91 Å². The van der Waals surface area contributed by atoms with E-state index in [1.807, 2.05) is 19.1 Å². The molecule has 0 aliphatic heterocycles. The molecule has 0 saturated carbocycles. The zero-order valence-corrected chi connectivity index (χ0v) is 12.7. The quantitative estimate of drug-likeness (QED) is 0.665. The maximum Gasteiger partial charge on any atom is 0.279 e. The summed E-state index contributed by atoms with van der Waals surface area (Å²) in [6.07, 6.45) is 7.55. The molecular formula is C15H20N2O2S. The van der Waals surface area contributed by atoms with Crippen molar-refractivity contribution in [3.8, 4) is 0 Å². The molecule has 0 aromatic carbocycles. The molecule has 1 aliphatic carbocycles. The summed E-state index contributed by atoms with van der Waals surface area (Å²) in [6, 6.07) is 1.87. The summed E-state index contributed by atoms with van der Waals surface area (Å²) < 4.78 is 0. The predicted octanol–water partition coefficient (Wildman–Crippen LogP) is 2.74. The minimum absolute atomic E-state index is 0.0309. The molecule has 0 fully saturated rings. The third-order valence-corrected chi connectivity index (χ3v) is 4.88. The highest BCUT2D eigenvalue weighted by Gasteiger charge is 2.19. The van der Waals surface area contributed by atoms with Gasteiger partial charge in [0.05, 0.1) is 4.88 Å². The van der Waals surface area contributed by atoms with Crippen molar-refractivity contribution in [2.45, 2.75) is 39.5 Å². The van der Waals surface area contributed by atoms with E-state index in [0.29, 0.717) is 4.88 Å². The van der Waals surface area contributed by atoms with Gasteiger partial charge in [-0.3, -0.25) is 20.4 Å². The fraction of sp³-hybridized carbons (Fsp3) is 0.467. The van der Waals surface area contributed by atoms with Gasteiger partial charge in [-0.15, -0.1) is 11.3 Å². The molecule has 1 aromatic heterocycles. The molecule has 0 spiro atoms. The van der Waals surface area contributed by atoms with Gasteiger partial charge in [-0.2, -0.15) is 0 Å². The SMILES string of the molecule is CCc1sc(C(=O)NNC(=O)[C@H]2CC=CCC2)cc1C. The fourth-order valence-electron chi connectivity index (χ4n) is 2.30. The summed E-state index contributed by atoms with van der Waals surface area (Å²) in [5.74, 6) is -0.374. The molecule has 108 valence electrons. The van der Waals surface area contributed by atoms with E-state index in [0.717, 1.165) is 31.2 Å². The van der Waals surface area contributed by atoms with Crippen molar-refractivity contribution < 1.29 is 9.59 Å². The molecule has 0 saturated heterocycles. The van der Waals surface area contributed by atoms with Crippen molar-refractivity contribution in [3.63, 3.8) is 0 Å². The number of hydrazine groups is 1. The Morgan fingerprint density at radius 2 is 2.15 bits per heavy atom. The van der Waals surface area contributed by atoms with Crippen LogP contribution >= 0.6 is 11.3 Å². The lowest BCUT2D eigenvalue weighted by molar-refractivity contribution is -0.126. The van der Waals surface area contributed by atoms with Crippen LogP contribution in [0.15, 0.2) is 18.2 Å². The van der Waals surface area contributed by atoms with Crippen molar-refractivity contribution in [1.29, 1.82) is 0 Å². The minimum Gasteiger partial charge on any atom is -0.273 e. The molecule has 0 bridgehead atoms. The van der Waals surface area contributed by atoms with Gasteiger partial charge in [-0.25, -0.2) is 0 Å². The highest BCUT2D eigenvalue weighted by Crippen LogP contribution is 2.22. The van der Waals surface area contributed by atoms with Gasteiger partial charge in [-0.05, 0) is 44.2 Å². The van der Waals surface area contributed by atoms with E-state index in [-0.39, 0.29) is 17.7 Å². The van der Waals surface area contributed by atoms with E-state index in [1.165, 1.54) is 16.2 Å². The van der Waals surface area contributed by atoms with E-state index in [4.69, 9.17) is 0 Å². The second kappa shape index (κ2) is 6.70. The molecular weight excluding hydrogens is 272 g/mol. The summed E-state index contributed by atoms with van der Waals surface area (Å²) >= 11 is 1.48. The minimum atomic E-state index is -0.238. The smallest absolute Gasteiger partial charge is 0.273 e. The Balaban J connectivity index is 1.88. The largest absolute Gasteiger partial charge is 0.279 e. The highest BCUT2D eigenvalue weighted by molar-refractivity contribution is 7.14. The lowest BCUT2D eigenvalue weighted by Crippen LogP contribution is -2.44. The number of thiophene rings is 1. The Labute approximate surface area is 123 Å². The van der Waals surface area contributed by atoms with Crippen LogP contribution in [0.25, 0.3) is 0 Å². The molecule has 1 aromatic rings. The van der Waals surface area contributed by atoms with Crippen LogP contribution in [-0.2, 0) is 11.2 Å². The number of carbonyl (C=O) groups excluding carboxylic acids is 2. The third-order valence-electron chi connectivity index (χ3n) is 3.50. The van der Waals surface area contributed by atoms with Crippen molar-refractivity contribution >= 4 is 23.2 Å². The van der Waals surface area contributed by atoms with Crippen molar-refractivity contribution in [2.75, 3.05) is 0 Å². The number of nitrogens with one attached hydrogen (secondary N) is 2. The average molecular weight is 292 g/mol. The molecule has 20 heavy (non-hydrogen) atoms. The summed E-state index contributed by atoms with van der Waals surface area (Å²) in [7, 11) is 0. The zero-order chi connectivity index (χ0) is 14.5. The Hall–Kier alpha value is -1.62. The van der Waals surface area contributed by atoms with E-state index in [2.05, 4.69) is 23.9 Å². The van der Waals surface area contributed by atoms with Crippen LogP contribution in [0.2, 0.25) is 0 Å². The summed E-state index contributed by atoms with van der Waals surface area (Å²) in [5, 5.41) is 0. The number of hydrogen-bond acceptors (Lipinski definition) is 3. The summed E-state index contributed by atoms with van der Waals surface area (Å²) in [5.41, 5.74) is 6.17. The van der Waals surface area contributed by atoms with Gasteiger partial charge in [0, 0.05) is 10.8 Å². The highest BCUT2D eigenvalue weighted by atomic mass is 32.1. The fourth-order valence-corrected chi connectivity index (χ4v) is 3.31. The first-order valence-electron chi connectivity index (χ1n) is 6.96. The molecule has 0 radical (unpaired) electrons. The van der Waals surface area contributed by atoms with Gasteiger partial charge < -0.3 is 0 Å². The maximum atomic E-state index is 12.0. The topological polar surface area (TPSA) is 58.2 Å². The van der Waals surface area contributed by atoms with E-state index in [9.17, 15) is 9.59 Å². The van der Waals surface area contributed by atoms with Crippen LogP contribution in [-0.4, -0.2) is 11.8 Å². The van der Waals surface area contributed by atoms with Crippen molar-refractivity contribution in [2.24, 2.45) is 5.92 Å². The first-order valence-corrected chi connectivity index (χ1v) is 7.78. The standard InChI is InChI=1S/C15H20N2O2S/c1-3-12-10(2)9-13(20-12)15(19)17-16-14(18)11-7-5-4-6-8-11/h4-5,9,11H,3,6-8H2,1-2H3,(H,16,18)(H,17,19)/t11-/m0/s1. The average Bonchev–Trinajstić information content (AvgIpc) is 2.86. The maximum absolute atomic E-state index is 12.0. The Morgan fingerprint density at radius 3 is 2.75 bits per heavy atom. The summed E-state index contributed by atoms with van der Waals surface area (Å²) in [6.45, 7) is 4.07. The first kappa shape index (κ1) is 14.8. The Bertz CT molecular complexity index is 534. The molecule has 4 nitrogen and oxygen atoms in total. The van der Waals surface area contributed by atoms with Crippen LogP contribution in [0.5, 0.6) is 0 Å². The lowest BCUT2D eigenvalue weighted by Gasteiger charge is -2.17. The molecule has 2 rings (SSSR count). The van der Waals surface area contributed by atoms with Crippen molar-refractivity contribution in [1.82, 2.24) is 10.9 Å². The molecule has 5 heteroatoms. The van der Waals surface area contributed by atoms with Gasteiger partial charge in [-0.1, -0.05) is 19.1 Å². The predicted molar refractivity (Wildman–Crippen MR) is 80.5 cm³/mol.